The van der Waals surface area contributed by atoms with E-state index in [1.807, 2.05) is 12.1 Å². The van der Waals surface area contributed by atoms with Crippen molar-refractivity contribution in [2.75, 3.05) is 7.11 Å². The van der Waals surface area contributed by atoms with Crippen LogP contribution in [0.2, 0.25) is 0 Å². The number of furan rings is 1. The lowest BCUT2D eigenvalue weighted by atomic mass is 10.2. The number of methoxy groups -OCH3 is 1. The topological polar surface area (TPSA) is 139 Å². The molecule has 0 spiro atoms. The minimum atomic E-state index is -1.05. The summed E-state index contributed by atoms with van der Waals surface area (Å²) in [5, 5.41) is 17.2. The van der Waals surface area contributed by atoms with Crippen LogP contribution >= 0.6 is 15.9 Å². The maximum absolute atomic E-state index is 13.4. The van der Waals surface area contributed by atoms with E-state index in [1.54, 1.807) is 36.4 Å². The zero-order valence-electron chi connectivity index (χ0n) is 20.5. The first kappa shape index (κ1) is 25.8. The Hall–Kier alpha value is -4.84. The van der Waals surface area contributed by atoms with Gasteiger partial charge in [-0.25, -0.2) is 9.78 Å². The lowest BCUT2D eigenvalue weighted by molar-refractivity contribution is -0.386. The number of nitro groups is 1. The summed E-state index contributed by atoms with van der Waals surface area (Å²) in [5.74, 6) is -0.324. The second kappa shape index (κ2) is 10.5. The number of nitro benzene ring substituents is 1. The van der Waals surface area contributed by atoms with E-state index in [-0.39, 0.29) is 17.3 Å². The molecule has 1 atom stereocenters. The number of aromatic nitrogens is 2. The first-order valence-electron chi connectivity index (χ1n) is 11.5. The number of ether oxygens (including phenoxy) is 2. The predicted octanol–water partition coefficient (Wildman–Crippen LogP) is 5.30. The van der Waals surface area contributed by atoms with Gasteiger partial charge in [-0.2, -0.15) is 9.78 Å². The summed E-state index contributed by atoms with van der Waals surface area (Å²) in [4.78, 5) is 40.8. The van der Waals surface area contributed by atoms with Crippen LogP contribution in [-0.2, 0) is 9.53 Å². The van der Waals surface area contributed by atoms with Crippen molar-refractivity contribution in [3.8, 4) is 17.3 Å². The number of rotatable bonds is 7. The molecular formula is C27H19BrN4O7. The zero-order chi connectivity index (χ0) is 27.7. The van der Waals surface area contributed by atoms with E-state index in [4.69, 9.17) is 9.15 Å². The van der Waals surface area contributed by atoms with Crippen LogP contribution in [-0.4, -0.2) is 40.0 Å². The van der Waals surface area contributed by atoms with E-state index in [9.17, 15) is 19.7 Å². The first-order valence-corrected chi connectivity index (χ1v) is 12.3. The number of para-hydroxylation sites is 1. The Morgan fingerprint density at radius 2 is 1.97 bits per heavy atom. The molecule has 3 aromatic carbocycles. The van der Waals surface area contributed by atoms with Gasteiger partial charge in [-0.3, -0.25) is 14.9 Å². The smallest absolute Gasteiger partial charge is 0.346 e. The van der Waals surface area contributed by atoms with Gasteiger partial charge in [0.05, 0.1) is 29.2 Å². The Morgan fingerprint density at radius 1 is 1.18 bits per heavy atom. The molecule has 0 radical (unpaired) electrons. The van der Waals surface area contributed by atoms with Gasteiger partial charge in [0.25, 0.3) is 5.56 Å². The fourth-order valence-electron chi connectivity index (χ4n) is 3.90. The van der Waals surface area contributed by atoms with Gasteiger partial charge < -0.3 is 13.9 Å². The van der Waals surface area contributed by atoms with Crippen LogP contribution < -0.4 is 10.3 Å². The summed E-state index contributed by atoms with van der Waals surface area (Å²) < 4.78 is 17.9. The molecule has 11 nitrogen and oxygen atoms in total. The average Bonchev–Trinajstić information content (AvgIpc) is 3.35. The summed E-state index contributed by atoms with van der Waals surface area (Å²) in [5.41, 5.74) is 0.525. The molecule has 12 heteroatoms. The van der Waals surface area contributed by atoms with Crippen LogP contribution in [0.4, 0.5) is 5.69 Å². The molecule has 5 aromatic rings. The molecule has 2 heterocycles. The predicted molar refractivity (Wildman–Crippen MR) is 147 cm³/mol. The molecule has 0 saturated carbocycles. The standard InChI is InChI=1S/C27H19BrN4O7/c1-15(27(34)37-2)38-23-9-7-16(11-21(23)32(35)36)14-29-31-25(30-20-6-4-3-5-19(20)26(31)33)24-13-17-12-18(28)8-10-22(17)39-24/h3-15H,1-2H3/t15-/m0/s1. The Labute approximate surface area is 228 Å². The fraction of sp³-hybridized carbons (Fsp3) is 0.111. The number of carbonyl (C=O) groups is 1. The number of hydrogen-bond acceptors (Lipinski definition) is 9. The van der Waals surface area contributed by atoms with Crippen LogP contribution in [0.1, 0.15) is 12.5 Å². The number of carbonyl (C=O) groups excluding carboxylic acids is 1. The molecule has 0 bridgehead atoms. The summed E-state index contributed by atoms with van der Waals surface area (Å²) in [7, 11) is 1.19. The van der Waals surface area contributed by atoms with Gasteiger partial charge in [0.1, 0.15) is 5.58 Å². The van der Waals surface area contributed by atoms with Crippen LogP contribution in [0.3, 0.4) is 0 Å². The molecule has 5 rings (SSSR count). The minimum absolute atomic E-state index is 0.117. The molecule has 0 fully saturated rings. The maximum Gasteiger partial charge on any atom is 0.346 e. The van der Waals surface area contributed by atoms with Gasteiger partial charge in [-0.05, 0) is 55.5 Å². The Morgan fingerprint density at radius 3 is 2.74 bits per heavy atom. The highest BCUT2D eigenvalue weighted by molar-refractivity contribution is 9.10. The Kier molecular flexibility index (Phi) is 6.94. The van der Waals surface area contributed by atoms with E-state index < -0.39 is 22.6 Å². The number of hydrogen-bond donors (Lipinski definition) is 0. The van der Waals surface area contributed by atoms with Crippen molar-refractivity contribution in [1.82, 2.24) is 9.66 Å². The normalized spacial score (nSPS) is 12.2. The van der Waals surface area contributed by atoms with Crippen molar-refractivity contribution >= 4 is 55.7 Å². The summed E-state index contributed by atoms with van der Waals surface area (Å²) in [6.45, 7) is 1.42. The monoisotopic (exact) mass is 590 g/mol. The average molecular weight is 591 g/mol. The van der Waals surface area contributed by atoms with E-state index in [1.165, 1.54) is 38.4 Å². The highest BCUT2D eigenvalue weighted by Crippen LogP contribution is 2.30. The van der Waals surface area contributed by atoms with Crippen LogP contribution in [0.25, 0.3) is 33.5 Å². The molecule has 0 aliphatic carbocycles. The lowest BCUT2D eigenvalue weighted by Gasteiger charge is -2.12. The van der Waals surface area contributed by atoms with Gasteiger partial charge in [-0.1, -0.05) is 28.1 Å². The molecule has 0 aliphatic heterocycles. The highest BCUT2D eigenvalue weighted by atomic mass is 79.9. The molecule has 0 aliphatic rings. The van der Waals surface area contributed by atoms with Crippen molar-refractivity contribution in [2.24, 2.45) is 5.10 Å². The van der Waals surface area contributed by atoms with Crippen molar-refractivity contribution in [2.45, 2.75) is 13.0 Å². The third kappa shape index (κ3) is 5.14. The first-order chi connectivity index (χ1) is 18.7. The Balaban J connectivity index is 1.60. The van der Waals surface area contributed by atoms with E-state index in [0.29, 0.717) is 27.8 Å². The number of halogens is 1. The molecular weight excluding hydrogens is 572 g/mol. The van der Waals surface area contributed by atoms with Gasteiger partial charge in [0.2, 0.25) is 5.82 Å². The van der Waals surface area contributed by atoms with Gasteiger partial charge in [-0.15, -0.1) is 0 Å². The van der Waals surface area contributed by atoms with Crippen molar-refractivity contribution in [1.29, 1.82) is 0 Å². The quantitative estimate of drug-likeness (QED) is 0.108. The second-order valence-electron chi connectivity index (χ2n) is 8.37. The van der Waals surface area contributed by atoms with Crippen LogP contribution in [0.5, 0.6) is 5.75 Å². The molecule has 0 unspecified atom stereocenters. The van der Waals surface area contributed by atoms with Crippen LogP contribution in [0.15, 0.2) is 85.5 Å². The highest BCUT2D eigenvalue weighted by Gasteiger charge is 2.22. The van der Waals surface area contributed by atoms with Gasteiger partial charge >= 0.3 is 11.7 Å². The second-order valence-corrected chi connectivity index (χ2v) is 9.29. The third-order valence-electron chi connectivity index (χ3n) is 5.79. The number of nitrogens with zero attached hydrogens (tertiary/aromatic N) is 4. The molecule has 39 heavy (non-hydrogen) atoms. The molecule has 196 valence electrons. The maximum atomic E-state index is 13.4. The van der Waals surface area contributed by atoms with Gasteiger partial charge in [0.15, 0.2) is 17.6 Å². The lowest BCUT2D eigenvalue weighted by Crippen LogP contribution is -2.25. The number of benzene rings is 3. The Bertz CT molecular complexity index is 1840. The fourth-order valence-corrected chi connectivity index (χ4v) is 4.28. The van der Waals surface area contributed by atoms with Crippen molar-refractivity contribution < 1.29 is 23.6 Å². The summed E-state index contributed by atoms with van der Waals surface area (Å²) in [6.07, 6.45) is 0.239. The van der Waals surface area contributed by atoms with Crippen LogP contribution in [0, 0.1) is 10.1 Å². The number of esters is 1. The van der Waals surface area contributed by atoms with Gasteiger partial charge in [0, 0.05) is 21.5 Å². The third-order valence-corrected chi connectivity index (χ3v) is 6.28. The molecule has 2 aromatic heterocycles. The number of fused-ring (bicyclic) bond motifs is 2. The van der Waals surface area contributed by atoms with Crippen molar-refractivity contribution in [3.05, 3.63) is 97.2 Å². The summed E-state index contributed by atoms with van der Waals surface area (Å²) >= 11 is 3.44. The SMILES string of the molecule is COC(=O)[C@H](C)Oc1ccc(C=Nn2c(-c3cc4cc(Br)ccc4o3)nc3ccccc3c2=O)cc1[N+](=O)[O-]. The van der Waals surface area contributed by atoms with E-state index in [0.717, 1.165) is 14.5 Å². The molecule has 0 amide bonds. The van der Waals surface area contributed by atoms with Crippen molar-refractivity contribution in [3.63, 3.8) is 0 Å². The zero-order valence-corrected chi connectivity index (χ0v) is 22.1. The molecule has 0 saturated heterocycles. The van der Waals surface area contributed by atoms with E-state index >= 15 is 0 Å². The molecule has 0 N–H and O–H groups in total. The summed E-state index contributed by atoms with van der Waals surface area (Å²) in [6, 6.07) is 18.2. The van der Waals surface area contributed by atoms with E-state index in [2.05, 4.69) is 30.8 Å². The minimum Gasteiger partial charge on any atom is -0.472 e. The largest absolute Gasteiger partial charge is 0.472 e.